The minimum absolute atomic E-state index is 0.0578. The van der Waals surface area contributed by atoms with Gasteiger partial charge in [0.15, 0.2) is 5.78 Å². The van der Waals surface area contributed by atoms with Crippen LogP contribution in [0.3, 0.4) is 0 Å². The molecule has 0 spiro atoms. The van der Waals surface area contributed by atoms with Crippen molar-refractivity contribution >= 4 is 17.5 Å². The van der Waals surface area contributed by atoms with Crippen molar-refractivity contribution in [2.75, 3.05) is 13.2 Å². The van der Waals surface area contributed by atoms with E-state index in [2.05, 4.69) is 12.1 Å². The predicted octanol–water partition coefficient (Wildman–Crippen LogP) is 2.03. The summed E-state index contributed by atoms with van der Waals surface area (Å²) < 4.78 is 5.02. The van der Waals surface area contributed by atoms with Gasteiger partial charge in [0.25, 0.3) is 0 Å². The molecule has 1 aliphatic carbocycles. The molecule has 19 heavy (non-hydrogen) atoms. The molecule has 0 aromatic heterocycles. The van der Waals surface area contributed by atoms with E-state index in [0.29, 0.717) is 13.2 Å². The molecule has 0 bridgehead atoms. The van der Waals surface area contributed by atoms with Gasteiger partial charge in [-0.2, -0.15) is 0 Å². The van der Waals surface area contributed by atoms with Gasteiger partial charge in [-0.05, 0) is 12.0 Å². The second kappa shape index (κ2) is 5.27. The largest absolute Gasteiger partial charge is 0.392 e. The molecule has 3 nitrogen and oxygen atoms in total. The molecule has 0 radical (unpaired) electrons. The zero-order valence-corrected chi connectivity index (χ0v) is 11.6. The maximum Gasteiger partial charge on any atom is 0.154 e. The van der Waals surface area contributed by atoms with Gasteiger partial charge in [0.1, 0.15) is 4.75 Å². The Morgan fingerprint density at radius 1 is 1.37 bits per heavy atom. The van der Waals surface area contributed by atoms with E-state index in [9.17, 15) is 9.90 Å². The van der Waals surface area contributed by atoms with E-state index in [1.165, 1.54) is 5.56 Å². The van der Waals surface area contributed by atoms with E-state index in [1.807, 2.05) is 18.2 Å². The summed E-state index contributed by atoms with van der Waals surface area (Å²) in [6, 6.07) is 10.1. The Balaban J connectivity index is 1.78. The molecule has 3 atom stereocenters. The number of thioether (sulfide) groups is 1. The van der Waals surface area contributed by atoms with Crippen LogP contribution in [-0.4, -0.2) is 35.0 Å². The molecule has 0 amide bonds. The Morgan fingerprint density at radius 2 is 2.16 bits per heavy atom. The molecule has 1 aromatic rings. The fraction of sp³-hybridized carbons (Fsp3) is 0.533. The van der Waals surface area contributed by atoms with Crippen LogP contribution in [0.5, 0.6) is 0 Å². The number of aliphatic hydroxyl groups excluding tert-OH is 1. The van der Waals surface area contributed by atoms with Gasteiger partial charge in [0.2, 0.25) is 0 Å². The van der Waals surface area contributed by atoms with Crippen molar-refractivity contribution in [3.63, 3.8) is 0 Å². The molecule has 3 unspecified atom stereocenters. The highest BCUT2D eigenvalue weighted by Crippen LogP contribution is 2.48. The molecule has 1 saturated heterocycles. The molecule has 2 fully saturated rings. The highest BCUT2D eigenvalue weighted by Gasteiger charge is 2.56. The van der Waals surface area contributed by atoms with E-state index in [4.69, 9.17) is 4.74 Å². The third-order valence-electron chi connectivity index (χ3n) is 4.16. The van der Waals surface area contributed by atoms with Crippen molar-refractivity contribution in [2.24, 2.45) is 5.92 Å². The normalized spacial score (nSPS) is 34.3. The molecule has 1 N–H and O–H groups in total. The number of Topliss-reactive ketones (excluding diaryl/α,β-unsaturated/α-hetero) is 1. The standard InChI is InChI=1S/C15H18O3S/c16-13-8-14(17)15(10-18-7-6-12(13)15)19-9-11-4-2-1-3-5-11/h1-5,12-13,16H,6-10H2. The monoisotopic (exact) mass is 278 g/mol. The summed E-state index contributed by atoms with van der Waals surface area (Å²) in [6.07, 6.45) is 0.588. The Labute approximate surface area is 117 Å². The first kappa shape index (κ1) is 13.2. The van der Waals surface area contributed by atoms with Crippen molar-refractivity contribution in [1.82, 2.24) is 0 Å². The van der Waals surface area contributed by atoms with Crippen LogP contribution in [0.15, 0.2) is 30.3 Å². The highest BCUT2D eigenvalue weighted by molar-refractivity contribution is 8.00. The van der Waals surface area contributed by atoms with E-state index >= 15 is 0 Å². The number of hydrogen-bond acceptors (Lipinski definition) is 4. The lowest BCUT2D eigenvalue weighted by Gasteiger charge is -2.38. The van der Waals surface area contributed by atoms with Gasteiger partial charge < -0.3 is 9.84 Å². The molecule has 2 aliphatic rings. The maximum atomic E-state index is 12.3. The lowest BCUT2D eigenvalue weighted by atomic mass is 9.89. The van der Waals surface area contributed by atoms with Gasteiger partial charge in [-0.1, -0.05) is 30.3 Å². The summed E-state index contributed by atoms with van der Waals surface area (Å²) in [5, 5.41) is 10.1. The van der Waals surface area contributed by atoms with Gasteiger partial charge in [-0.3, -0.25) is 4.79 Å². The summed E-state index contributed by atoms with van der Waals surface area (Å²) in [5.74, 6) is 1.01. The van der Waals surface area contributed by atoms with Gasteiger partial charge in [-0.15, -0.1) is 11.8 Å². The van der Waals surface area contributed by atoms with Crippen LogP contribution in [-0.2, 0) is 15.3 Å². The molecule has 1 saturated carbocycles. The van der Waals surface area contributed by atoms with Crippen LogP contribution in [0.1, 0.15) is 18.4 Å². The van der Waals surface area contributed by atoms with Crippen molar-refractivity contribution in [2.45, 2.75) is 29.4 Å². The molecule has 1 heterocycles. The number of ketones is 1. The Morgan fingerprint density at radius 3 is 2.95 bits per heavy atom. The Bertz CT molecular complexity index is 462. The first-order valence-corrected chi connectivity index (χ1v) is 7.68. The van der Waals surface area contributed by atoms with Crippen LogP contribution in [0, 0.1) is 5.92 Å². The third kappa shape index (κ3) is 2.33. The third-order valence-corrected chi connectivity index (χ3v) is 5.80. The van der Waals surface area contributed by atoms with E-state index in [0.717, 1.165) is 12.2 Å². The number of carbonyl (C=O) groups excluding carboxylic acids is 1. The molecule has 1 aromatic carbocycles. The van der Waals surface area contributed by atoms with Gasteiger partial charge in [0.05, 0.1) is 12.7 Å². The van der Waals surface area contributed by atoms with E-state index < -0.39 is 10.9 Å². The lowest BCUT2D eigenvalue weighted by Crippen LogP contribution is -2.47. The molecular formula is C15H18O3S. The minimum atomic E-state index is -0.520. The quantitative estimate of drug-likeness (QED) is 0.919. The second-order valence-corrected chi connectivity index (χ2v) is 6.61. The summed E-state index contributed by atoms with van der Waals surface area (Å²) in [6.45, 7) is 1.10. The van der Waals surface area contributed by atoms with Crippen LogP contribution in [0.25, 0.3) is 0 Å². The summed E-state index contributed by atoms with van der Waals surface area (Å²) in [4.78, 5) is 12.3. The minimum Gasteiger partial charge on any atom is -0.392 e. The first-order valence-electron chi connectivity index (χ1n) is 6.69. The van der Waals surface area contributed by atoms with Crippen molar-refractivity contribution in [3.8, 4) is 0 Å². The molecule has 4 heteroatoms. The van der Waals surface area contributed by atoms with E-state index in [1.54, 1.807) is 11.8 Å². The summed E-state index contributed by atoms with van der Waals surface area (Å²) >= 11 is 1.65. The number of aliphatic hydroxyl groups is 1. The first-order chi connectivity index (χ1) is 9.22. The number of rotatable bonds is 3. The van der Waals surface area contributed by atoms with Crippen LogP contribution in [0.4, 0.5) is 0 Å². The molecular weight excluding hydrogens is 260 g/mol. The second-order valence-electron chi connectivity index (χ2n) is 5.31. The maximum absolute atomic E-state index is 12.3. The van der Waals surface area contributed by atoms with Crippen molar-refractivity contribution in [1.29, 1.82) is 0 Å². The van der Waals surface area contributed by atoms with E-state index in [-0.39, 0.29) is 18.1 Å². The SMILES string of the molecule is O=C1CC(O)C2CCOCC12SCc1ccccc1. The number of hydrogen-bond donors (Lipinski definition) is 1. The fourth-order valence-corrected chi connectivity index (χ4v) is 4.60. The van der Waals surface area contributed by atoms with Crippen LogP contribution < -0.4 is 0 Å². The average Bonchev–Trinajstić information content (AvgIpc) is 2.70. The highest BCUT2D eigenvalue weighted by atomic mass is 32.2. The summed E-state index contributed by atoms with van der Waals surface area (Å²) in [5.41, 5.74) is 1.21. The number of fused-ring (bicyclic) bond motifs is 1. The summed E-state index contributed by atoms with van der Waals surface area (Å²) in [7, 11) is 0. The molecule has 102 valence electrons. The molecule has 3 rings (SSSR count). The zero-order valence-electron chi connectivity index (χ0n) is 10.7. The van der Waals surface area contributed by atoms with Crippen LogP contribution in [0.2, 0.25) is 0 Å². The topological polar surface area (TPSA) is 46.5 Å². The number of ether oxygens (including phenoxy) is 1. The van der Waals surface area contributed by atoms with Gasteiger partial charge >= 0.3 is 0 Å². The fourth-order valence-electron chi connectivity index (χ4n) is 3.09. The zero-order chi connectivity index (χ0) is 13.3. The van der Waals surface area contributed by atoms with Crippen molar-refractivity contribution in [3.05, 3.63) is 35.9 Å². The van der Waals surface area contributed by atoms with Crippen LogP contribution >= 0.6 is 11.8 Å². The van der Waals surface area contributed by atoms with Gasteiger partial charge in [-0.25, -0.2) is 0 Å². The average molecular weight is 278 g/mol. The lowest BCUT2D eigenvalue weighted by molar-refractivity contribution is -0.122. The smallest absolute Gasteiger partial charge is 0.154 e. The predicted molar refractivity (Wildman–Crippen MR) is 75.0 cm³/mol. The Hall–Kier alpha value is -0.840. The van der Waals surface area contributed by atoms with Gasteiger partial charge in [0, 0.05) is 24.7 Å². The number of carbonyl (C=O) groups is 1. The molecule has 1 aliphatic heterocycles. The van der Waals surface area contributed by atoms with Crippen molar-refractivity contribution < 1.29 is 14.6 Å². The Kier molecular flexibility index (Phi) is 3.65. The number of benzene rings is 1.